The van der Waals surface area contributed by atoms with Crippen molar-refractivity contribution in [3.63, 3.8) is 0 Å². The second-order valence-corrected chi connectivity index (χ2v) is 13.8. The van der Waals surface area contributed by atoms with Gasteiger partial charge in [0.05, 0.1) is 5.69 Å². The zero-order chi connectivity index (χ0) is 35.1. The third-order valence-electron chi connectivity index (χ3n) is 10.7. The molecule has 0 spiro atoms. The Morgan fingerprint density at radius 2 is 0.642 bits per heavy atom. The fraction of sp³-hybridized carbons (Fsp3) is 0. The van der Waals surface area contributed by atoms with Gasteiger partial charge in [-0.25, -0.2) is 0 Å². The van der Waals surface area contributed by atoms with Crippen molar-refractivity contribution in [3.05, 3.63) is 212 Å². The van der Waals surface area contributed by atoms with Crippen molar-refractivity contribution >= 4 is 60.2 Å². The molecule has 0 amide bonds. The van der Waals surface area contributed by atoms with Gasteiger partial charge < -0.3 is 4.90 Å². The molecular weight excluding hydrogens is 639 g/mol. The first-order chi connectivity index (χ1) is 26.3. The van der Waals surface area contributed by atoms with E-state index in [1.807, 2.05) is 0 Å². The van der Waals surface area contributed by atoms with Gasteiger partial charge in [0.2, 0.25) is 0 Å². The van der Waals surface area contributed by atoms with Gasteiger partial charge in [0.1, 0.15) is 0 Å². The number of hydrogen-bond donors (Lipinski definition) is 0. The number of nitrogens with zero attached hydrogens (tertiary/aromatic N) is 1. The summed E-state index contributed by atoms with van der Waals surface area (Å²) in [5, 5.41) is 10.1. The molecule has 0 N–H and O–H groups in total. The zero-order valence-corrected chi connectivity index (χ0v) is 29.2. The number of benzene rings is 10. The molecule has 10 aromatic rings. The second-order valence-electron chi connectivity index (χ2n) is 13.8. The van der Waals surface area contributed by atoms with Crippen LogP contribution in [-0.2, 0) is 0 Å². The smallest absolute Gasteiger partial charge is 0.0540 e. The topological polar surface area (TPSA) is 3.24 Å². The van der Waals surface area contributed by atoms with E-state index in [0.29, 0.717) is 0 Å². The Kier molecular flexibility index (Phi) is 7.55. The van der Waals surface area contributed by atoms with E-state index in [-0.39, 0.29) is 0 Å². The summed E-state index contributed by atoms with van der Waals surface area (Å²) in [5.74, 6) is 0. The van der Waals surface area contributed by atoms with Crippen LogP contribution in [0, 0.1) is 0 Å². The Morgan fingerprint density at radius 1 is 0.226 bits per heavy atom. The fourth-order valence-electron chi connectivity index (χ4n) is 7.92. The summed E-state index contributed by atoms with van der Waals surface area (Å²) in [4.78, 5) is 2.38. The van der Waals surface area contributed by atoms with Crippen LogP contribution in [0.25, 0.3) is 76.5 Å². The number of rotatable bonds is 6. The summed E-state index contributed by atoms with van der Waals surface area (Å²) in [5.41, 5.74) is 10.6. The van der Waals surface area contributed by atoms with Gasteiger partial charge >= 0.3 is 0 Å². The van der Waals surface area contributed by atoms with Gasteiger partial charge in [-0.2, -0.15) is 0 Å². The minimum Gasteiger partial charge on any atom is -0.310 e. The largest absolute Gasteiger partial charge is 0.310 e. The molecular formula is C52H35N. The van der Waals surface area contributed by atoms with E-state index < -0.39 is 0 Å². The molecule has 0 aliphatic heterocycles. The maximum atomic E-state index is 2.38. The SMILES string of the molecule is c1ccc(-c2ccc(-c3ccc(N(c4ccc(-c5ccc6ccc7c8ccccc8ccc7c6c5)cc4)c4cccc5ccccc45)cc3)cc2)cc1. The lowest BCUT2D eigenvalue weighted by Gasteiger charge is -2.27. The maximum absolute atomic E-state index is 2.38. The van der Waals surface area contributed by atoms with E-state index in [0.717, 1.165) is 17.1 Å². The molecule has 0 atom stereocenters. The van der Waals surface area contributed by atoms with Gasteiger partial charge in [0.25, 0.3) is 0 Å². The summed E-state index contributed by atoms with van der Waals surface area (Å²) in [6, 6.07) is 77.2. The maximum Gasteiger partial charge on any atom is 0.0540 e. The van der Waals surface area contributed by atoms with Crippen LogP contribution < -0.4 is 4.90 Å². The standard InChI is InChI=1S/C52H35N/c1-2-9-36(10-3-1)37-17-19-38(20-18-37)39-23-29-45(30-24-39)53(52-16-8-13-41-11-5-7-15-48(41)52)46-31-25-40(26-32-46)44-22-21-43-28-33-49-47-14-6-4-12-42(47)27-34-50(49)51(43)35-44/h1-35H. The van der Waals surface area contributed by atoms with Crippen molar-refractivity contribution in [2.24, 2.45) is 0 Å². The minimum atomic E-state index is 1.11. The zero-order valence-electron chi connectivity index (χ0n) is 29.2. The quantitative estimate of drug-likeness (QED) is 0.159. The lowest BCUT2D eigenvalue weighted by molar-refractivity contribution is 1.30. The van der Waals surface area contributed by atoms with Gasteiger partial charge in [0, 0.05) is 16.8 Å². The van der Waals surface area contributed by atoms with Crippen molar-refractivity contribution in [3.8, 4) is 33.4 Å². The normalized spacial score (nSPS) is 11.4. The molecule has 0 aliphatic rings. The predicted octanol–water partition coefficient (Wildman–Crippen LogP) is 14.8. The monoisotopic (exact) mass is 673 g/mol. The number of hydrogen-bond acceptors (Lipinski definition) is 1. The van der Waals surface area contributed by atoms with Gasteiger partial charge in [-0.05, 0) is 107 Å². The van der Waals surface area contributed by atoms with Crippen LogP contribution in [0.1, 0.15) is 0 Å². The van der Waals surface area contributed by atoms with E-state index in [1.54, 1.807) is 0 Å². The second kappa shape index (κ2) is 13.0. The Hall–Kier alpha value is -6.96. The highest BCUT2D eigenvalue weighted by molar-refractivity contribution is 6.17. The molecule has 1 nitrogen and oxygen atoms in total. The van der Waals surface area contributed by atoms with Gasteiger partial charge in [-0.1, -0.05) is 176 Å². The first-order valence-electron chi connectivity index (χ1n) is 18.3. The van der Waals surface area contributed by atoms with Gasteiger partial charge in [-0.3, -0.25) is 0 Å². The molecule has 0 aromatic heterocycles. The van der Waals surface area contributed by atoms with Crippen LogP contribution in [0.3, 0.4) is 0 Å². The molecule has 0 heterocycles. The lowest BCUT2D eigenvalue weighted by Crippen LogP contribution is -2.10. The average Bonchev–Trinajstić information content (AvgIpc) is 3.24. The fourth-order valence-corrected chi connectivity index (χ4v) is 7.92. The van der Waals surface area contributed by atoms with E-state index in [1.165, 1.54) is 76.5 Å². The average molecular weight is 674 g/mol. The van der Waals surface area contributed by atoms with Gasteiger partial charge in [-0.15, -0.1) is 0 Å². The van der Waals surface area contributed by atoms with E-state index in [4.69, 9.17) is 0 Å². The van der Waals surface area contributed by atoms with Gasteiger partial charge in [0.15, 0.2) is 0 Å². The van der Waals surface area contributed by atoms with Crippen LogP contribution >= 0.6 is 0 Å². The van der Waals surface area contributed by atoms with Crippen LogP contribution in [0.5, 0.6) is 0 Å². The van der Waals surface area contributed by atoms with Crippen molar-refractivity contribution < 1.29 is 0 Å². The molecule has 0 saturated heterocycles. The molecule has 0 unspecified atom stereocenters. The molecule has 10 aromatic carbocycles. The molecule has 1 heteroatoms. The summed E-state index contributed by atoms with van der Waals surface area (Å²) >= 11 is 0. The molecule has 0 fully saturated rings. The Balaban J connectivity index is 1.03. The Labute approximate surface area is 309 Å². The summed E-state index contributed by atoms with van der Waals surface area (Å²) in [6.45, 7) is 0. The van der Waals surface area contributed by atoms with Crippen molar-refractivity contribution in [1.82, 2.24) is 0 Å². The Morgan fingerprint density at radius 3 is 1.28 bits per heavy atom. The van der Waals surface area contributed by atoms with E-state index in [9.17, 15) is 0 Å². The molecule has 0 bridgehead atoms. The number of fused-ring (bicyclic) bond motifs is 6. The molecule has 53 heavy (non-hydrogen) atoms. The highest BCUT2D eigenvalue weighted by Gasteiger charge is 2.16. The highest BCUT2D eigenvalue weighted by atomic mass is 15.1. The molecule has 0 saturated carbocycles. The summed E-state index contributed by atoms with van der Waals surface area (Å²) in [6.07, 6.45) is 0. The lowest BCUT2D eigenvalue weighted by atomic mass is 9.94. The van der Waals surface area contributed by atoms with Crippen LogP contribution in [0.15, 0.2) is 212 Å². The minimum absolute atomic E-state index is 1.11. The number of anilines is 3. The highest BCUT2D eigenvalue weighted by Crippen LogP contribution is 2.41. The summed E-state index contributed by atoms with van der Waals surface area (Å²) in [7, 11) is 0. The predicted molar refractivity (Wildman–Crippen MR) is 227 cm³/mol. The molecule has 0 aliphatic carbocycles. The first-order valence-corrected chi connectivity index (χ1v) is 18.3. The molecule has 10 rings (SSSR count). The molecule has 248 valence electrons. The van der Waals surface area contributed by atoms with Crippen LogP contribution in [-0.4, -0.2) is 0 Å². The van der Waals surface area contributed by atoms with Crippen molar-refractivity contribution in [2.75, 3.05) is 4.90 Å². The third kappa shape index (κ3) is 5.60. The third-order valence-corrected chi connectivity index (χ3v) is 10.7. The van der Waals surface area contributed by atoms with Crippen LogP contribution in [0.4, 0.5) is 17.1 Å². The van der Waals surface area contributed by atoms with Crippen molar-refractivity contribution in [2.45, 2.75) is 0 Å². The molecule has 0 radical (unpaired) electrons. The van der Waals surface area contributed by atoms with E-state index in [2.05, 4.69) is 217 Å². The summed E-state index contributed by atoms with van der Waals surface area (Å²) < 4.78 is 0. The van der Waals surface area contributed by atoms with E-state index >= 15 is 0 Å². The van der Waals surface area contributed by atoms with Crippen molar-refractivity contribution in [1.29, 1.82) is 0 Å². The first kappa shape index (κ1) is 30.8. The van der Waals surface area contributed by atoms with Crippen LogP contribution in [0.2, 0.25) is 0 Å². The Bertz CT molecular complexity index is 2900.